The van der Waals surface area contributed by atoms with Crippen LogP contribution < -0.4 is 0 Å². The molecule has 0 bridgehead atoms. The maximum absolute atomic E-state index is 13.0. The lowest BCUT2D eigenvalue weighted by atomic mass is 10.00. The zero-order valence-electron chi connectivity index (χ0n) is 19.2. The van der Waals surface area contributed by atoms with Gasteiger partial charge in [0.05, 0.1) is 14.8 Å². The number of nitrogens with zero attached hydrogens (tertiary/aromatic N) is 3. The van der Waals surface area contributed by atoms with Gasteiger partial charge in [-0.15, -0.1) is 11.3 Å². The Morgan fingerprint density at radius 1 is 0.833 bits per heavy atom. The third kappa shape index (κ3) is 5.14. The van der Waals surface area contributed by atoms with E-state index in [0.29, 0.717) is 52.1 Å². The predicted molar refractivity (Wildman–Crippen MR) is 133 cm³/mol. The maximum Gasteiger partial charge on any atom is 0.416 e. The van der Waals surface area contributed by atoms with Crippen LogP contribution in [0.15, 0.2) is 60.7 Å². The van der Waals surface area contributed by atoms with Crippen molar-refractivity contribution in [3.8, 4) is 11.1 Å². The van der Waals surface area contributed by atoms with Crippen LogP contribution in [0.1, 0.15) is 25.6 Å². The average molecular weight is 534 g/mol. The van der Waals surface area contributed by atoms with E-state index in [2.05, 4.69) is 4.90 Å². The first-order valence-corrected chi connectivity index (χ1v) is 12.7. The van der Waals surface area contributed by atoms with Gasteiger partial charge < -0.3 is 9.80 Å². The van der Waals surface area contributed by atoms with E-state index in [1.807, 2.05) is 4.90 Å². The van der Waals surface area contributed by atoms with Gasteiger partial charge in [0.15, 0.2) is 0 Å². The number of likely N-dealkylation sites (tertiary alicyclic amines) is 1. The minimum atomic E-state index is -4.40. The monoisotopic (exact) mass is 533 g/mol. The lowest BCUT2D eigenvalue weighted by Crippen LogP contribution is -2.64. The summed E-state index contributed by atoms with van der Waals surface area (Å²) >= 11 is 7.23. The van der Waals surface area contributed by atoms with Crippen LogP contribution in [-0.2, 0) is 6.18 Å². The van der Waals surface area contributed by atoms with Crippen molar-refractivity contribution in [2.45, 2.75) is 12.2 Å². The van der Waals surface area contributed by atoms with Crippen LogP contribution in [0.2, 0.25) is 4.34 Å². The van der Waals surface area contributed by atoms with E-state index in [1.165, 1.54) is 17.4 Å². The van der Waals surface area contributed by atoms with Crippen LogP contribution in [0.4, 0.5) is 13.2 Å². The standard InChI is InChI=1S/C26H23ClF3N3O2S/c27-23-9-8-22(36-23)25(35)32-12-10-31(11-13-32)21-15-33(16-21)24(34)18-6-4-17(5-7-18)19-2-1-3-20(14-19)26(28,29)30/h1-9,14,21H,10-13,15-16H2. The Hall–Kier alpha value is -2.88. The molecule has 2 aliphatic heterocycles. The molecular weight excluding hydrogens is 511 g/mol. The third-order valence-corrected chi connectivity index (χ3v) is 7.93. The van der Waals surface area contributed by atoms with Gasteiger partial charge in [-0.25, -0.2) is 0 Å². The average Bonchev–Trinajstić information content (AvgIpc) is 3.29. The molecule has 5 nitrogen and oxygen atoms in total. The molecule has 0 unspecified atom stereocenters. The summed E-state index contributed by atoms with van der Waals surface area (Å²) in [6, 6.07) is 15.6. The molecule has 3 aromatic rings. The molecule has 0 saturated carbocycles. The van der Waals surface area contributed by atoms with E-state index in [0.717, 1.165) is 25.2 Å². The van der Waals surface area contributed by atoms with Crippen molar-refractivity contribution in [3.05, 3.63) is 81.0 Å². The minimum Gasteiger partial charge on any atom is -0.335 e. The summed E-state index contributed by atoms with van der Waals surface area (Å²) < 4.78 is 39.6. The van der Waals surface area contributed by atoms with E-state index in [-0.39, 0.29) is 17.9 Å². The SMILES string of the molecule is O=C(c1ccc(-c2cccc(C(F)(F)F)c2)cc1)N1CC(N2CCN(C(=O)c3ccc(Cl)s3)CC2)C1. The van der Waals surface area contributed by atoms with E-state index < -0.39 is 11.7 Å². The van der Waals surface area contributed by atoms with Gasteiger partial charge in [0.1, 0.15) is 0 Å². The van der Waals surface area contributed by atoms with Crippen LogP contribution in [0, 0.1) is 0 Å². The second-order valence-corrected chi connectivity index (χ2v) is 10.7. The van der Waals surface area contributed by atoms with Gasteiger partial charge in [0.2, 0.25) is 0 Å². The first-order valence-electron chi connectivity index (χ1n) is 11.5. The van der Waals surface area contributed by atoms with Crippen molar-refractivity contribution >= 4 is 34.8 Å². The van der Waals surface area contributed by atoms with Crippen molar-refractivity contribution in [2.75, 3.05) is 39.3 Å². The summed E-state index contributed by atoms with van der Waals surface area (Å²) in [5.41, 5.74) is 0.881. The number of benzene rings is 2. The summed E-state index contributed by atoms with van der Waals surface area (Å²) in [5, 5.41) is 0. The molecule has 0 atom stereocenters. The molecule has 36 heavy (non-hydrogen) atoms. The zero-order chi connectivity index (χ0) is 25.4. The summed E-state index contributed by atoms with van der Waals surface area (Å²) in [6.07, 6.45) is -4.40. The van der Waals surface area contributed by atoms with Crippen LogP contribution in [0.3, 0.4) is 0 Å². The first-order chi connectivity index (χ1) is 17.2. The fourth-order valence-corrected chi connectivity index (χ4v) is 5.60. The molecule has 188 valence electrons. The second-order valence-electron chi connectivity index (χ2n) is 8.95. The van der Waals surface area contributed by atoms with Gasteiger partial charge in [0, 0.05) is 50.9 Å². The molecule has 0 aliphatic carbocycles. The van der Waals surface area contributed by atoms with E-state index in [4.69, 9.17) is 11.6 Å². The Kier molecular flexibility index (Phi) is 6.80. The maximum atomic E-state index is 13.0. The molecule has 3 heterocycles. The highest BCUT2D eigenvalue weighted by Crippen LogP contribution is 2.32. The molecule has 10 heteroatoms. The number of amides is 2. The third-order valence-electron chi connectivity index (χ3n) is 6.71. The molecule has 0 N–H and O–H groups in total. The lowest BCUT2D eigenvalue weighted by Gasteiger charge is -2.48. The van der Waals surface area contributed by atoms with E-state index >= 15 is 0 Å². The number of alkyl halides is 3. The summed E-state index contributed by atoms with van der Waals surface area (Å²) in [4.78, 5) is 32.1. The number of rotatable bonds is 4. The Balaban J connectivity index is 1.13. The summed E-state index contributed by atoms with van der Waals surface area (Å²) in [7, 11) is 0. The van der Waals surface area contributed by atoms with Crippen molar-refractivity contribution in [2.24, 2.45) is 0 Å². The van der Waals surface area contributed by atoms with Gasteiger partial charge in [-0.2, -0.15) is 13.2 Å². The first kappa shape index (κ1) is 24.8. The van der Waals surface area contributed by atoms with Gasteiger partial charge in [-0.3, -0.25) is 14.5 Å². The molecular formula is C26H23ClF3N3O2S. The highest BCUT2D eigenvalue weighted by molar-refractivity contribution is 7.17. The summed E-state index contributed by atoms with van der Waals surface area (Å²) in [5.74, 6) is -0.0872. The Morgan fingerprint density at radius 2 is 1.53 bits per heavy atom. The molecule has 2 amide bonds. The number of thiophene rings is 1. The van der Waals surface area contributed by atoms with Gasteiger partial charge in [-0.05, 0) is 47.5 Å². The molecule has 2 saturated heterocycles. The fourth-order valence-electron chi connectivity index (χ4n) is 4.59. The van der Waals surface area contributed by atoms with Crippen molar-refractivity contribution in [1.29, 1.82) is 0 Å². The Labute approximate surface area is 215 Å². The number of hydrogen-bond acceptors (Lipinski definition) is 4. The summed E-state index contributed by atoms with van der Waals surface area (Å²) in [6.45, 7) is 4.00. The van der Waals surface area contributed by atoms with Gasteiger partial charge in [0.25, 0.3) is 11.8 Å². The number of halogens is 4. The quantitative estimate of drug-likeness (QED) is 0.453. The van der Waals surface area contributed by atoms with Crippen LogP contribution >= 0.6 is 22.9 Å². The van der Waals surface area contributed by atoms with Crippen LogP contribution in [-0.4, -0.2) is 71.8 Å². The van der Waals surface area contributed by atoms with E-state index in [1.54, 1.807) is 47.4 Å². The predicted octanol–water partition coefficient (Wildman–Crippen LogP) is 5.37. The molecule has 0 radical (unpaired) electrons. The number of carbonyl (C=O) groups is 2. The lowest BCUT2D eigenvalue weighted by molar-refractivity contribution is -0.137. The molecule has 2 aliphatic rings. The highest BCUT2D eigenvalue weighted by atomic mass is 35.5. The number of piperazine rings is 1. The Bertz CT molecular complexity index is 1260. The van der Waals surface area contributed by atoms with Crippen LogP contribution in [0.25, 0.3) is 11.1 Å². The molecule has 2 aromatic carbocycles. The second kappa shape index (κ2) is 9.88. The fraction of sp³-hybridized carbons (Fsp3) is 0.308. The number of carbonyl (C=O) groups excluding carboxylic acids is 2. The molecule has 2 fully saturated rings. The molecule has 5 rings (SSSR count). The largest absolute Gasteiger partial charge is 0.416 e. The zero-order valence-corrected chi connectivity index (χ0v) is 20.7. The van der Waals surface area contributed by atoms with Crippen molar-refractivity contribution in [1.82, 2.24) is 14.7 Å². The van der Waals surface area contributed by atoms with Crippen LogP contribution in [0.5, 0.6) is 0 Å². The van der Waals surface area contributed by atoms with E-state index in [9.17, 15) is 22.8 Å². The topological polar surface area (TPSA) is 43.9 Å². The molecule has 0 spiro atoms. The van der Waals surface area contributed by atoms with Gasteiger partial charge in [-0.1, -0.05) is 35.9 Å². The van der Waals surface area contributed by atoms with Crippen molar-refractivity contribution < 1.29 is 22.8 Å². The normalized spacial score (nSPS) is 17.2. The smallest absolute Gasteiger partial charge is 0.335 e. The highest BCUT2D eigenvalue weighted by Gasteiger charge is 2.37. The Morgan fingerprint density at radius 3 is 2.14 bits per heavy atom. The number of hydrogen-bond donors (Lipinski definition) is 0. The minimum absolute atomic E-state index is 0.00513. The molecule has 1 aromatic heterocycles. The van der Waals surface area contributed by atoms with Gasteiger partial charge >= 0.3 is 6.18 Å². The van der Waals surface area contributed by atoms with Crippen molar-refractivity contribution in [3.63, 3.8) is 0 Å².